The Kier molecular flexibility index (Phi) is 5.43. The van der Waals surface area contributed by atoms with Crippen molar-refractivity contribution in [2.45, 2.75) is 25.9 Å². The second-order valence-electron chi connectivity index (χ2n) is 5.05. The van der Waals surface area contributed by atoms with Gasteiger partial charge in [-0.15, -0.1) is 6.58 Å². The van der Waals surface area contributed by atoms with Crippen LogP contribution in [0.2, 0.25) is 0 Å². The first kappa shape index (κ1) is 14.1. The Morgan fingerprint density at radius 2 is 2.16 bits per heavy atom. The van der Waals surface area contributed by atoms with Crippen LogP contribution in [0.5, 0.6) is 5.75 Å². The molecule has 1 aliphatic heterocycles. The molecule has 0 unspecified atom stereocenters. The highest BCUT2D eigenvalue weighted by Gasteiger charge is 2.12. The van der Waals surface area contributed by atoms with Crippen LogP contribution in [0.15, 0.2) is 30.9 Å². The van der Waals surface area contributed by atoms with Gasteiger partial charge in [-0.25, -0.2) is 0 Å². The number of likely N-dealkylation sites (tertiary alicyclic amines) is 1. The third kappa shape index (κ3) is 4.08. The van der Waals surface area contributed by atoms with Crippen molar-refractivity contribution in [1.82, 2.24) is 10.2 Å². The predicted molar refractivity (Wildman–Crippen MR) is 79.4 cm³/mol. The molecule has 1 aromatic rings. The van der Waals surface area contributed by atoms with Gasteiger partial charge >= 0.3 is 0 Å². The molecule has 0 amide bonds. The summed E-state index contributed by atoms with van der Waals surface area (Å²) in [5.41, 5.74) is 2.54. The summed E-state index contributed by atoms with van der Waals surface area (Å²) >= 11 is 0. The van der Waals surface area contributed by atoms with Crippen molar-refractivity contribution in [3.63, 3.8) is 0 Å². The molecule has 0 spiro atoms. The van der Waals surface area contributed by atoms with Gasteiger partial charge in [-0.2, -0.15) is 0 Å². The van der Waals surface area contributed by atoms with Crippen molar-refractivity contribution < 1.29 is 4.74 Å². The summed E-state index contributed by atoms with van der Waals surface area (Å²) in [5, 5.41) is 3.31. The van der Waals surface area contributed by atoms with Crippen molar-refractivity contribution in [3.8, 4) is 5.75 Å². The number of nitrogens with one attached hydrogen (secondary N) is 1. The average Bonchev–Trinajstić information content (AvgIpc) is 2.93. The molecule has 3 nitrogen and oxygen atoms in total. The monoisotopic (exact) mass is 260 g/mol. The van der Waals surface area contributed by atoms with Gasteiger partial charge < -0.3 is 10.1 Å². The molecule has 0 atom stereocenters. The minimum absolute atomic E-state index is 0.818. The topological polar surface area (TPSA) is 24.5 Å². The van der Waals surface area contributed by atoms with E-state index in [1.165, 1.54) is 37.1 Å². The summed E-state index contributed by atoms with van der Waals surface area (Å²) in [4.78, 5) is 2.50. The molecule has 3 heteroatoms. The Bertz CT molecular complexity index is 411. The Hall–Kier alpha value is -1.32. The largest absolute Gasteiger partial charge is 0.496 e. The Morgan fingerprint density at radius 1 is 1.37 bits per heavy atom. The molecule has 0 radical (unpaired) electrons. The summed E-state index contributed by atoms with van der Waals surface area (Å²) in [6.07, 6.45) is 4.54. The molecular weight excluding hydrogens is 236 g/mol. The van der Waals surface area contributed by atoms with Gasteiger partial charge in [-0.1, -0.05) is 18.2 Å². The van der Waals surface area contributed by atoms with E-state index in [9.17, 15) is 0 Å². The van der Waals surface area contributed by atoms with Crippen LogP contribution in [0.1, 0.15) is 24.0 Å². The van der Waals surface area contributed by atoms with E-state index in [2.05, 4.69) is 35.0 Å². The fourth-order valence-electron chi connectivity index (χ4n) is 2.54. The molecule has 1 aromatic carbocycles. The minimum atomic E-state index is 0.818. The number of rotatable bonds is 7. The molecular formula is C16H24N2O. The molecule has 0 bridgehead atoms. The standard InChI is InChI=1S/C16H24N2O/c1-3-8-17-12-15-7-6-14(11-16(15)19-2)13-18-9-4-5-10-18/h3,6-7,11,17H,1,4-5,8-10,12-13H2,2H3. The lowest BCUT2D eigenvalue weighted by molar-refractivity contribution is 0.330. The molecule has 1 N–H and O–H groups in total. The molecule has 104 valence electrons. The molecule has 0 aliphatic carbocycles. The number of benzene rings is 1. The van der Waals surface area contributed by atoms with Crippen LogP contribution in [-0.2, 0) is 13.1 Å². The summed E-state index contributed by atoms with van der Waals surface area (Å²) in [6.45, 7) is 8.84. The van der Waals surface area contributed by atoms with E-state index in [1.54, 1.807) is 7.11 Å². The summed E-state index contributed by atoms with van der Waals surface area (Å²) in [5.74, 6) is 0.980. The highest BCUT2D eigenvalue weighted by Crippen LogP contribution is 2.22. The molecule has 1 saturated heterocycles. The van der Waals surface area contributed by atoms with Crippen LogP contribution in [0.3, 0.4) is 0 Å². The molecule has 19 heavy (non-hydrogen) atoms. The fourth-order valence-corrected chi connectivity index (χ4v) is 2.54. The quantitative estimate of drug-likeness (QED) is 0.602. The SMILES string of the molecule is C=CCNCc1ccc(CN2CCCC2)cc1OC. The second-order valence-corrected chi connectivity index (χ2v) is 5.05. The van der Waals surface area contributed by atoms with Gasteiger partial charge in [-0.05, 0) is 37.6 Å². The number of nitrogens with zero attached hydrogens (tertiary/aromatic N) is 1. The second kappa shape index (κ2) is 7.31. The molecule has 1 fully saturated rings. The molecule has 1 aliphatic rings. The Morgan fingerprint density at radius 3 is 2.84 bits per heavy atom. The van der Waals surface area contributed by atoms with E-state index in [1.807, 2.05) is 6.08 Å². The van der Waals surface area contributed by atoms with E-state index in [0.717, 1.165) is 25.4 Å². The van der Waals surface area contributed by atoms with Gasteiger partial charge in [0.1, 0.15) is 5.75 Å². The van der Waals surface area contributed by atoms with Gasteiger partial charge in [0.15, 0.2) is 0 Å². The first-order valence-corrected chi connectivity index (χ1v) is 7.03. The maximum absolute atomic E-state index is 5.50. The molecule has 0 aromatic heterocycles. The minimum Gasteiger partial charge on any atom is -0.496 e. The van der Waals surface area contributed by atoms with Crippen LogP contribution < -0.4 is 10.1 Å². The van der Waals surface area contributed by atoms with Gasteiger partial charge in [0.25, 0.3) is 0 Å². The first-order valence-electron chi connectivity index (χ1n) is 7.03. The van der Waals surface area contributed by atoms with Crippen molar-refractivity contribution >= 4 is 0 Å². The van der Waals surface area contributed by atoms with Crippen LogP contribution in [0.25, 0.3) is 0 Å². The van der Waals surface area contributed by atoms with Crippen molar-refractivity contribution in [2.75, 3.05) is 26.7 Å². The predicted octanol–water partition coefficient (Wildman–Crippen LogP) is 2.57. The zero-order chi connectivity index (χ0) is 13.5. The van der Waals surface area contributed by atoms with Crippen LogP contribution in [-0.4, -0.2) is 31.6 Å². The van der Waals surface area contributed by atoms with E-state index >= 15 is 0 Å². The Balaban J connectivity index is 1.99. The zero-order valence-corrected chi connectivity index (χ0v) is 11.8. The number of ether oxygens (including phenoxy) is 1. The number of methoxy groups -OCH3 is 1. The summed E-state index contributed by atoms with van der Waals surface area (Å²) in [6, 6.07) is 6.55. The molecule has 0 saturated carbocycles. The summed E-state index contributed by atoms with van der Waals surface area (Å²) < 4.78 is 5.50. The van der Waals surface area contributed by atoms with Gasteiger partial charge in [-0.3, -0.25) is 4.90 Å². The highest BCUT2D eigenvalue weighted by molar-refractivity contribution is 5.37. The maximum Gasteiger partial charge on any atom is 0.123 e. The van der Waals surface area contributed by atoms with E-state index in [4.69, 9.17) is 4.74 Å². The van der Waals surface area contributed by atoms with E-state index in [-0.39, 0.29) is 0 Å². The van der Waals surface area contributed by atoms with Crippen molar-refractivity contribution in [1.29, 1.82) is 0 Å². The zero-order valence-electron chi connectivity index (χ0n) is 11.8. The lowest BCUT2D eigenvalue weighted by Gasteiger charge is -2.16. The normalized spacial score (nSPS) is 15.6. The maximum atomic E-state index is 5.50. The third-order valence-electron chi connectivity index (χ3n) is 3.56. The third-order valence-corrected chi connectivity index (χ3v) is 3.56. The molecule has 1 heterocycles. The van der Waals surface area contributed by atoms with Crippen LogP contribution in [0, 0.1) is 0 Å². The fraction of sp³-hybridized carbons (Fsp3) is 0.500. The first-order chi connectivity index (χ1) is 9.33. The van der Waals surface area contributed by atoms with E-state index in [0.29, 0.717) is 0 Å². The van der Waals surface area contributed by atoms with E-state index < -0.39 is 0 Å². The summed E-state index contributed by atoms with van der Waals surface area (Å²) in [7, 11) is 1.74. The van der Waals surface area contributed by atoms with Gasteiger partial charge in [0, 0.05) is 25.2 Å². The lowest BCUT2D eigenvalue weighted by atomic mass is 10.1. The number of hydrogen-bond donors (Lipinski definition) is 1. The van der Waals surface area contributed by atoms with Crippen LogP contribution >= 0.6 is 0 Å². The highest BCUT2D eigenvalue weighted by atomic mass is 16.5. The smallest absolute Gasteiger partial charge is 0.123 e. The van der Waals surface area contributed by atoms with Crippen molar-refractivity contribution in [3.05, 3.63) is 42.0 Å². The molecule has 2 rings (SSSR count). The van der Waals surface area contributed by atoms with Gasteiger partial charge in [0.05, 0.1) is 7.11 Å². The average molecular weight is 260 g/mol. The van der Waals surface area contributed by atoms with Crippen molar-refractivity contribution in [2.24, 2.45) is 0 Å². The Labute approximate surface area is 116 Å². The lowest BCUT2D eigenvalue weighted by Crippen LogP contribution is -2.18. The van der Waals surface area contributed by atoms with Crippen LogP contribution in [0.4, 0.5) is 0 Å². The number of hydrogen-bond acceptors (Lipinski definition) is 3. The van der Waals surface area contributed by atoms with Gasteiger partial charge in [0.2, 0.25) is 0 Å².